The number of carbonyl (C=O) groups is 1. The number of amides is 1. The molecule has 2 aliphatic heterocycles. The first-order chi connectivity index (χ1) is 16.9. The van der Waals surface area contributed by atoms with Gasteiger partial charge in [0.15, 0.2) is 0 Å². The van der Waals surface area contributed by atoms with Crippen molar-refractivity contribution in [2.75, 3.05) is 6.61 Å². The molecule has 6 rings (SSSR count). The van der Waals surface area contributed by atoms with Crippen LogP contribution in [0.3, 0.4) is 0 Å². The lowest BCUT2D eigenvalue weighted by molar-refractivity contribution is -0.0930. The zero-order valence-electron chi connectivity index (χ0n) is 19.8. The van der Waals surface area contributed by atoms with Crippen LogP contribution in [0.15, 0.2) is 60.7 Å². The summed E-state index contributed by atoms with van der Waals surface area (Å²) in [5, 5.41) is 11.5. The summed E-state index contributed by atoms with van der Waals surface area (Å²) in [6.07, 6.45) is 2.68. The van der Waals surface area contributed by atoms with Crippen LogP contribution in [-0.2, 0) is 10.3 Å². The van der Waals surface area contributed by atoms with Crippen molar-refractivity contribution in [3.8, 4) is 11.1 Å². The van der Waals surface area contributed by atoms with E-state index in [1.807, 2.05) is 24.3 Å². The molecule has 2 unspecified atom stereocenters. The van der Waals surface area contributed by atoms with Gasteiger partial charge in [0.2, 0.25) is 0 Å². The fourth-order valence-corrected chi connectivity index (χ4v) is 6.46. The van der Waals surface area contributed by atoms with Crippen LogP contribution in [0.25, 0.3) is 11.1 Å². The highest BCUT2D eigenvalue weighted by Gasteiger charge is 2.50. The Morgan fingerprint density at radius 2 is 1.63 bits per heavy atom. The number of aryl methyl sites for hydroxylation is 1. The van der Waals surface area contributed by atoms with Crippen molar-refractivity contribution in [1.29, 1.82) is 0 Å². The Morgan fingerprint density at radius 1 is 1.03 bits per heavy atom. The molecule has 0 spiro atoms. The molecule has 6 heteroatoms. The van der Waals surface area contributed by atoms with E-state index in [1.54, 1.807) is 17.9 Å². The molecule has 2 bridgehead atoms. The van der Waals surface area contributed by atoms with Crippen molar-refractivity contribution in [2.24, 2.45) is 0 Å². The van der Waals surface area contributed by atoms with Crippen LogP contribution in [0.2, 0.25) is 0 Å². The number of piperidine rings is 2. The van der Waals surface area contributed by atoms with E-state index in [0.717, 1.165) is 19.3 Å². The molecule has 2 atom stereocenters. The molecule has 1 N–H and O–H groups in total. The molecule has 2 fully saturated rings. The third-order valence-corrected chi connectivity index (χ3v) is 7.98. The topological polar surface area (TPSA) is 62.7 Å². The van der Waals surface area contributed by atoms with E-state index in [-0.39, 0.29) is 49.2 Å². The van der Waals surface area contributed by atoms with Crippen LogP contribution >= 0.6 is 0 Å². The summed E-state index contributed by atoms with van der Waals surface area (Å²) >= 11 is 0. The normalized spacial score (nSPS) is 25.2. The predicted molar refractivity (Wildman–Crippen MR) is 130 cm³/mol. The van der Waals surface area contributed by atoms with Gasteiger partial charge in [-0.05, 0) is 60.6 Å². The van der Waals surface area contributed by atoms with Gasteiger partial charge in [-0.2, -0.15) is 0 Å². The Balaban J connectivity index is 1.22. The van der Waals surface area contributed by atoms with Gasteiger partial charge in [-0.25, -0.2) is 9.18 Å². The molecular weight excluding hydrogens is 443 g/mol. The number of benzene rings is 2. The van der Waals surface area contributed by atoms with Crippen LogP contribution in [0.4, 0.5) is 9.18 Å². The number of halogens is 1. The third-order valence-electron chi connectivity index (χ3n) is 7.98. The van der Waals surface area contributed by atoms with Gasteiger partial charge in [-0.3, -0.25) is 4.98 Å². The molecule has 1 aromatic heterocycles. The summed E-state index contributed by atoms with van der Waals surface area (Å²) in [7, 11) is 0. The lowest BCUT2D eigenvalue weighted by atomic mass is 9.74. The van der Waals surface area contributed by atoms with E-state index < -0.39 is 11.4 Å². The van der Waals surface area contributed by atoms with Gasteiger partial charge in [-0.1, -0.05) is 48.5 Å². The quantitative estimate of drug-likeness (QED) is 0.533. The van der Waals surface area contributed by atoms with E-state index in [9.17, 15) is 14.3 Å². The molecular formula is C29H29FN2O3. The second-order valence-corrected chi connectivity index (χ2v) is 10.2. The second kappa shape index (κ2) is 8.45. The molecule has 3 aliphatic rings. The lowest BCUT2D eigenvalue weighted by Crippen LogP contribution is -2.59. The number of aliphatic hydroxyl groups is 1. The average Bonchev–Trinajstić information content (AvgIpc) is 3.17. The molecule has 0 radical (unpaired) electrons. The second-order valence-electron chi connectivity index (χ2n) is 10.2. The summed E-state index contributed by atoms with van der Waals surface area (Å²) in [6.45, 7) is 2.06. The van der Waals surface area contributed by atoms with Gasteiger partial charge in [0, 0.05) is 36.5 Å². The van der Waals surface area contributed by atoms with Gasteiger partial charge in [0.05, 0.1) is 0 Å². The van der Waals surface area contributed by atoms with Crippen molar-refractivity contribution in [3.05, 3.63) is 89.0 Å². The van der Waals surface area contributed by atoms with Crippen molar-refractivity contribution >= 4 is 6.09 Å². The van der Waals surface area contributed by atoms with Crippen LogP contribution in [-0.4, -0.2) is 39.8 Å². The largest absolute Gasteiger partial charge is 0.448 e. The third kappa shape index (κ3) is 3.71. The lowest BCUT2D eigenvalue weighted by Gasteiger charge is -2.51. The summed E-state index contributed by atoms with van der Waals surface area (Å²) in [5.41, 5.74) is 4.12. The van der Waals surface area contributed by atoms with Gasteiger partial charge in [-0.15, -0.1) is 0 Å². The highest BCUT2D eigenvalue weighted by Crippen LogP contribution is 2.46. The molecule has 2 saturated heterocycles. The zero-order valence-corrected chi connectivity index (χ0v) is 19.8. The van der Waals surface area contributed by atoms with Crippen molar-refractivity contribution in [2.45, 2.75) is 62.6 Å². The van der Waals surface area contributed by atoms with Gasteiger partial charge in [0.25, 0.3) is 0 Å². The molecule has 5 nitrogen and oxygen atoms in total. The summed E-state index contributed by atoms with van der Waals surface area (Å²) in [5.74, 6) is -0.496. The number of hydrogen-bond donors (Lipinski definition) is 1. The Bertz CT molecular complexity index is 1230. The van der Waals surface area contributed by atoms with E-state index in [0.29, 0.717) is 5.69 Å². The van der Waals surface area contributed by atoms with Crippen molar-refractivity contribution < 1.29 is 19.0 Å². The first-order valence-corrected chi connectivity index (χ1v) is 12.4. The molecule has 0 saturated carbocycles. The number of hydrogen-bond acceptors (Lipinski definition) is 4. The van der Waals surface area contributed by atoms with Gasteiger partial charge in [0.1, 0.15) is 23.7 Å². The summed E-state index contributed by atoms with van der Waals surface area (Å²) in [4.78, 5) is 19.5. The highest BCUT2D eigenvalue weighted by atomic mass is 19.1. The number of ether oxygens (including phenoxy) is 1. The summed E-state index contributed by atoms with van der Waals surface area (Å²) < 4.78 is 20.6. The van der Waals surface area contributed by atoms with Crippen molar-refractivity contribution in [1.82, 2.24) is 9.88 Å². The van der Waals surface area contributed by atoms with Crippen molar-refractivity contribution in [3.63, 3.8) is 0 Å². The van der Waals surface area contributed by atoms with E-state index in [2.05, 4.69) is 29.2 Å². The van der Waals surface area contributed by atoms with Crippen LogP contribution in [0.1, 0.15) is 60.5 Å². The van der Waals surface area contributed by atoms with Gasteiger partial charge >= 0.3 is 6.09 Å². The maximum Gasteiger partial charge on any atom is 0.410 e. The first kappa shape index (κ1) is 22.2. The number of aromatic nitrogens is 1. The van der Waals surface area contributed by atoms with E-state index in [4.69, 9.17) is 4.74 Å². The molecule has 3 heterocycles. The van der Waals surface area contributed by atoms with Crippen LogP contribution in [0.5, 0.6) is 0 Å². The fourth-order valence-electron chi connectivity index (χ4n) is 6.46. The minimum absolute atomic E-state index is 0.00139. The maximum absolute atomic E-state index is 14.6. The predicted octanol–water partition coefficient (Wildman–Crippen LogP) is 5.68. The molecule has 2 aromatic carbocycles. The summed E-state index contributed by atoms with van der Waals surface area (Å²) in [6, 6.07) is 19.1. The number of pyridine rings is 1. The zero-order chi connectivity index (χ0) is 24.2. The number of fused-ring (bicyclic) bond motifs is 5. The Hall–Kier alpha value is -3.25. The van der Waals surface area contributed by atoms with Crippen LogP contribution < -0.4 is 0 Å². The number of nitrogens with zero attached hydrogens (tertiary/aromatic N) is 2. The fraction of sp³-hybridized carbons (Fsp3) is 0.379. The molecule has 180 valence electrons. The minimum Gasteiger partial charge on any atom is -0.448 e. The Labute approximate surface area is 204 Å². The monoisotopic (exact) mass is 472 g/mol. The Morgan fingerprint density at radius 3 is 2.26 bits per heavy atom. The Kier molecular flexibility index (Phi) is 5.37. The molecule has 3 aromatic rings. The van der Waals surface area contributed by atoms with E-state index >= 15 is 0 Å². The molecule has 35 heavy (non-hydrogen) atoms. The minimum atomic E-state index is -1.38. The van der Waals surface area contributed by atoms with Gasteiger partial charge < -0.3 is 14.7 Å². The van der Waals surface area contributed by atoms with Crippen LogP contribution in [0, 0.1) is 12.7 Å². The number of rotatable bonds is 3. The number of carbonyl (C=O) groups excluding carboxylic acids is 1. The molecule has 1 amide bonds. The first-order valence-electron chi connectivity index (χ1n) is 12.4. The SMILES string of the molecule is Cc1ccc(F)c(C2(O)CC3CCCC(C2)N3C(=O)OCC2c3ccccc3-c3ccccc32)n1. The molecule has 1 aliphatic carbocycles. The highest BCUT2D eigenvalue weighted by molar-refractivity contribution is 5.79. The average molecular weight is 473 g/mol. The maximum atomic E-state index is 14.6. The van der Waals surface area contributed by atoms with E-state index in [1.165, 1.54) is 28.3 Å². The smallest absolute Gasteiger partial charge is 0.410 e. The standard InChI is InChI=1S/C29H29FN2O3/c1-18-13-14-26(30)27(31-18)29(34)15-19-7-6-8-20(16-29)32(19)28(33)35-17-25-23-11-4-2-9-21(23)22-10-3-5-12-24(22)25/h2-5,9-14,19-20,25,34H,6-8,15-17H2,1H3.